The van der Waals surface area contributed by atoms with E-state index in [-0.39, 0.29) is 0 Å². The first kappa shape index (κ1) is 11.4. The van der Waals surface area contributed by atoms with Crippen LogP contribution in [0.5, 0.6) is 0 Å². The van der Waals surface area contributed by atoms with Crippen LogP contribution in [0.15, 0.2) is 20.4 Å². The topological polar surface area (TPSA) is 51.0 Å². The van der Waals surface area contributed by atoms with Gasteiger partial charge in [0.25, 0.3) is 0 Å². The summed E-state index contributed by atoms with van der Waals surface area (Å²) in [4.78, 5) is 5.51. The van der Waals surface area contributed by atoms with Gasteiger partial charge in [-0.1, -0.05) is 12.1 Å². The van der Waals surface area contributed by atoms with Gasteiger partial charge < -0.3 is 9.84 Å². The fraction of sp³-hybridized carbons (Fsp3) is 0.455. The van der Waals surface area contributed by atoms with Gasteiger partial charge in [-0.3, -0.25) is 0 Å². The molecule has 0 bridgehead atoms. The van der Waals surface area contributed by atoms with E-state index in [0.717, 1.165) is 27.6 Å². The molecule has 3 rings (SSSR count). The molecular weight excluding hydrogens is 302 g/mol. The average molecular weight is 314 g/mol. The van der Waals surface area contributed by atoms with E-state index in [4.69, 9.17) is 4.52 Å². The third-order valence-corrected chi connectivity index (χ3v) is 4.76. The molecule has 6 heteroatoms. The van der Waals surface area contributed by atoms with Gasteiger partial charge in [-0.05, 0) is 47.1 Å². The fourth-order valence-electron chi connectivity index (χ4n) is 1.82. The van der Waals surface area contributed by atoms with Crippen molar-refractivity contribution >= 4 is 27.3 Å². The average Bonchev–Trinajstić information content (AvgIpc) is 2.82. The summed E-state index contributed by atoms with van der Waals surface area (Å²) >= 11 is 5.05. The molecule has 4 nitrogen and oxygen atoms in total. The lowest BCUT2D eigenvalue weighted by molar-refractivity contribution is 0.252. The van der Waals surface area contributed by atoms with Crippen LogP contribution in [0.1, 0.15) is 18.7 Å². The second-order valence-electron chi connectivity index (χ2n) is 4.27. The highest BCUT2D eigenvalue weighted by molar-refractivity contribution is 9.11. The second kappa shape index (κ2) is 4.51. The van der Waals surface area contributed by atoms with Crippen molar-refractivity contribution < 1.29 is 4.52 Å². The molecule has 1 saturated heterocycles. The van der Waals surface area contributed by atoms with Gasteiger partial charge in [-0.15, -0.1) is 11.3 Å². The Morgan fingerprint density at radius 3 is 2.94 bits per heavy atom. The fourth-order valence-corrected chi connectivity index (χ4v) is 3.13. The van der Waals surface area contributed by atoms with Crippen molar-refractivity contribution in [3.8, 4) is 10.7 Å². The maximum atomic E-state index is 5.35. The van der Waals surface area contributed by atoms with Crippen molar-refractivity contribution in [3.05, 3.63) is 21.8 Å². The molecule has 1 fully saturated rings. The third kappa shape index (κ3) is 2.17. The van der Waals surface area contributed by atoms with E-state index >= 15 is 0 Å². The molecule has 17 heavy (non-hydrogen) atoms. The summed E-state index contributed by atoms with van der Waals surface area (Å²) in [6.45, 7) is 4.24. The molecule has 0 amide bonds. The van der Waals surface area contributed by atoms with Crippen molar-refractivity contribution in [1.82, 2.24) is 15.5 Å². The number of nitrogens with zero attached hydrogens (tertiary/aromatic N) is 2. The molecule has 1 unspecified atom stereocenters. The molecule has 2 aromatic heterocycles. The Kier molecular flexibility index (Phi) is 3.02. The van der Waals surface area contributed by atoms with Crippen LogP contribution in [-0.2, 0) is 0 Å². The van der Waals surface area contributed by atoms with Crippen LogP contribution < -0.4 is 5.32 Å². The minimum Gasteiger partial charge on any atom is -0.339 e. The van der Waals surface area contributed by atoms with Gasteiger partial charge in [-0.2, -0.15) is 4.98 Å². The number of nitrogens with one attached hydrogen (secondary N) is 1. The molecular formula is C11H12BrN3OS. The minimum atomic E-state index is 0.334. The van der Waals surface area contributed by atoms with Crippen LogP contribution in [0.4, 0.5) is 0 Å². The van der Waals surface area contributed by atoms with Gasteiger partial charge in [0.15, 0.2) is 0 Å². The SMILES string of the molecule is CC(c1nc(-c2ccc(Br)s2)no1)C1CNC1. The Balaban J connectivity index is 1.82. The highest BCUT2D eigenvalue weighted by Gasteiger charge is 2.28. The Bertz CT molecular complexity index is 520. The number of rotatable bonds is 3. The van der Waals surface area contributed by atoms with Gasteiger partial charge in [0.2, 0.25) is 11.7 Å². The van der Waals surface area contributed by atoms with E-state index in [0.29, 0.717) is 17.7 Å². The van der Waals surface area contributed by atoms with E-state index in [1.54, 1.807) is 11.3 Å². The van der Waals surface area contributed by atoms with E-state index in [2.05, 4.69) is 38.3 Å². The molecule has 1 aliphatic heterocycles. The van der Waals surface area contributed by atoms with Crippen LogP contribution >= 0.6 is 27.3 Å². The molecule has 0 saturated carbocycles. The normalized spacial score (nSPS) is 18.0. The lowest BCUT2D eigenvalue weighted by atomic mass is 9.89. The summed E-state index contributed by atoms with van der Waals surface area (Å²) in [5, 5.41) is 7.30. The van der Waals surface area contributed by atoms with Crippen LogP contribution in [0, 0.1) is 5.92 Å². The summed E-state index contributed by atoms with van der Waals surface area (Å²) in [5.41, 5.74) is 0. The standard InChI is InChI=1S/C11H12BrN3OS/c1-6(7-4-13-5-7)11-14-10(15-16-11)8-2-3-9(12)17-8/h2-3,6-7,13H,4-5H2,1H3. The van der Waals surface area contributed by atoms with Gasteiger partial charge in [-0.25, -0.2) is 0 Å². The zero-order valence-electron chi connectivity index (χ0n) is 9.31. The molecule has 2 aromatic rings. The van der Waals surface area contributed by atoms with E-state index in [1.165, 1.54) is 0 Å². The molecule has 1 N–H and O–H groups in total. The van der Waals surface area contributed by atoms with Crippen molar-refractivity contribution in [2.24, 2.45) is 5.92 Å². The summed E-state index contributed by atoms with van der Waals surface area (Å²) in [6, 6.07) is 3.99. The number of halogens is 1. The predicted octanol–water partition coefficient (Wildman–Crippen LogP) is 2.88. The number of hydrogen-bond acceptors (Lipinski definition) is 5. The van der Waals surface area contributed by atoms with Gasteiger partial charge in [0, 0.05) is 5.92 Å². The monoisotopic (exact) mass is 313 g/mol. The molecule has 0 spiro atoms. The molecule has 0 aliphatic carbocycles. The van der Waals surface area contributed by atoms with E-state index in [9.17, 15) is 0 Å². The molecule has 3 heterocycles. The molecule has 0 aromatic carbocycles. The van der Waals surface area contributed by atoms with E-state index < -0.39 is 0 Å². The first-order valence-electron chi connectivity index (χ1n) is 5.54. The number of aromatic nitrogens is 2. The molecule has 1 atom stereocenters. The Morgan fingerprint density at radius 1 is 1.53 bits per heavy atom. The van der Waals surface area contributed by atoms with Gasteiger partial charge >= 0.3 is 0 Å². The summed E-state index contributed by atoms with van der Waals surface area (Å²) in [6.07, 6.45) is 0. The van der Waals surface area contributed by atoms with Crippen LogP contribution in [0.2, 0.25) is 0 Å². The highest BCUT2D eigenvalue weighted by atomic mass is 79.9. The largest absolute Gasteiger partial charge is 0.339 e. The first-order chi connectivity index (χ1) is 8.24. The van der Waals surface area contributed by atoms with Crippen LogP contribution in [-0.4, -0.2) is 23.2 Å². The maximum Gasteiger partial charge on any atom is 0.230 e. The van der Waals surface area contributed by atoms with Crippen LogP contribution in [0.25, 0.3) is 10.7 Å². The van der Waals surface area contributed by atoms with Gasteiger partial charge in [0.1, 0.15) is 0 Å². The Morgan fingerprint density at radius 2 is 2.35 bits per heavy atom. The summed E-state index contributed by atoms with van der Waals surface area (Å²) in [5.74, 6) is 2.39. The van der Waals surface area contributed by atoms with Crippen molar-refractivity contribution in [1.29, 1.82) is 0 Å². The minimum absolute atomic E-state index is 0.334. The van der Waals surface area contributed by atoms with Crippen molar-refractivity contribution in [2.75, 3.05) is 13.1 Å². The maximum absolute atomic E-state index is 5.35. The van der Waals surface area contributed by atoms with Crippen LogP contribution in [0.3, 0.4) is 0 Å². The molecule has 1 aliphatic rings. The summed E-state index contributed by atoms with van der Waals surface area (Å²) < 4.78 is 6.43. The predicted molar refractivity (Wildman–Crippen MR) is 70.1 cm³/mol. The zero-order chi connectivity index (χ0) is 11.8. The number of hydrogen-bond donors (Lipinski definition) is 1. The lowest BCUT2D eigenvalue weighted by Gasteiger charge is -2.30. The first-order valence-corrected chi connectivity index (χ1v) is 7.15. The lowest BCUT2D eigenvalue weighted by Crippen LogP contribution is -2.44. The molecule has 90 valence electrons. The third-order valence-electron chi connectivity index (χ3n) is 3.15. The highest BCUT2D eigenvalue weighted by Crippen LogP contribution is 2.31. The quantitative estimate of drug-likeness (QED) is 0.946. The molecule has 0 radical (unpaired) electrons. The zero-order valence-corrected chi connectivity index (χ0v) is 11.7. The van der Waals surface area contributed by atoms with E-state index in [1.807, 2.05) is 12.1 Å². The smallest absolute Gasteiger partial charge is 0.230 e. The Hall–Kier alpha value is -0.720. The number of thiophene rings is 1. The van der Waals surface area contributed by atoms with Crippen molar-refractivity contribution in [3.63, 3.8) is 0 Å². The van der Waals surface area contributed by atoms with Gasteiger partial charge in [0.05, 0.1) is 8.66 Å². The second-order valence-corrected chi connectivity index (χ2v) is 6.73. The Labute approximate surface area is 112 Å². The summed E-state index contributed by atoms with van der Waals surface area (Å²) in [7, 11) is 0. The van der Waals surface area contributed by atoms with Crippen molar-refractivity contribution in [2.45, 2.75) is 12.8 Å².